The van der Waals surface area contributed by atoms with Crippen LogP contribution in [0.4, 0.5) is 0 Å². The number of hydrogen-bond acceptors (Lipinski definition) is 4. The van der Waals surface area contributed by atoms with Crippen molar-refractivity contribution >= 4 is 33.2 Å². The minimum absolute atomic E-state index is 0.0546. The number of furan rings is 1. The highest BCUT2D eigenvalue weighted by Gasteiger charge is 2.24. The zero-order chi connectivity index (χ0) is 15.6. The lowest BCUT2D eigenvalue weighted by Crippen LogP contribution is -2.27. The monoisotopic (exact) mass is 349 g/mol. The zero-order valence-electron chi connectivity index (χ0n) is 11.0. The predicted octanol–water partition coefficient (Wildman–Crippen LogP) is 3.12. The van der Waals surface area contributed by atoms with E-state index in [1.165, 1.54) is 18.4 Å². The average molecular weight is 350 g/mol. The smallest absolute Gasteiger partial charge is 0.242 e. The first-order valence-corrected chi connectivity index (χ1v) is 8.23. The average Bonchev–Trinajstić information content (AvgIpc) is 2.94. The molecular weight excluding hydrogens is 337 g/mol. The van der Waals surface area contributed by atoms with Gasteiger partial charge in [-0.2, -0.15) is 0 Å². The molecule has 1 unspecified atom stereocenters. The maximum absolute atomic E-state index is 12.4. The molecule has 21 heavy (non-hydrogen) atoms. The number of aliphatic hydroxyl groups is 1. The summed E-state index contributed by atoms with van der Waals surface area (Å²) in [7, 11) is -3.91. The highest BCUT2D eigenvalue weighted by atomic mass is 35.5. The molecule has 0 fully saturated rings. The van der Waals surface area contributed by atoms with Crippen molar-refractivity contribution in [3.8, 4) is 0 Å². The Balaban J connectivity index is 2.38. The van der Waals surface area contributed by atoms with E-state index >= 15 is 0 Å². The summed E-state index contributed by atoms with van der Waals surface area (Å²) >= 11 is 11.9. The van der Waals surface area contributed by atoms with Crippen molar-refractivity contribution in [2.45, 2.75) is 24.5 Å². The molecule has 2 rings (SSSR count). The Kier molecular flexibility index (Phi) is 4.95. The molecule has 0 saturated heterocycles. The van der Waals surface area contributed by atoms with Crippen molar-refractivity contribution in [2.75, 3.05) is 0 Å². The van der Waals surface area contributed by atoms with E-state index in [2.05, 4.69) is 4.72 Å². The topological polar surface area (TPSA) is 79.5 Å². The Hall–Kier alpha value is -1.05. The molecule has 0 radical (unpaired) electrons. The first kappa shape index (κ1) is 16.3. The summed E-state index contributed by atoms with van der Waals surface area (Å²) in [6, 6.07) is 5.40. The van der Waals surface area contributed by atoms with Crippen molar-refractivity contribution in [1.82, 2.24) is 4.72 Å². The van der Waals surface area contributed by atoms with Crippen LogP contribution < -0.4 is 4.72 Å². The first-order chi connectivity index (χ1) is 9.85. The van der Waals surface area contributed by atoms with Crippen LogP contribution in [0.1, 0.15) is 24.3 Å². The molecule has 0 saturated carbocycles. The third kappa shape index (κ3) is 3.59. The van der Waals surface area contributed by atoms with E-state index in [-0.39, 0.29) is 20.5 Å². The number of sulfonamides is 1. The fraction of sp³-hybridized carbons (Fsp3) is 0.231. The van der Waals surface area contributed by atoms with Crippen molar-refractivity contribution < 1.29 is 17.9 Å². The maximum atomic E-state index is 12.4. The van der Waals surface area contributed by atoms with Crippen LogP contribution in [0.2, 0.25) is 10.0 Å². The van der Waals surface area contributed by atoms with Gasteiger partial charge in [0.1, 0.15) is 10.7 Å². The molecule has 0 amide bonds. The van der Waals surface area contributed by atoms with Crippen molar-refractivity contribution in [1.29, 1.82) is 0 Å². The van der Waals surface area contributed by atoms with Crippen molar-refractivity contribution in [3.63, 3.8) is 0 Å². The molecule has 1 aromatic carbocycles. The molecule has 1 atom stereocenters. The van der Waals surface area contributed by atoms with E-state index in [1.54, 1.807) is 19.1 Å². The molecule has 114 valence electrons. The molecule has 0 spiro atoms. The van der Waals surface area contributed by atoms with Gasteiger partial charge in [0.15, 0.2) is 0 Å². The number of benzene rings is 1. The molecule has 1 heterocycles. The van der Waals surface area contributed by atoms with Crippen LogP contribution in [0, 0.1) is 0 Å². The number of aliphatic hydroxyl groups excluding tert-OH is 1. The predicted molar refractivity (Wildman–Crippen MR) is 79.8 cm³/mol. The van der Waals surface area contributed by atoms with Gasteiger partial charge in [-0.3, -0.25) is 0 Å². The lowest BCUT2D eigenvalue weighted by molar-refractivity contribution is 0.281. The van der Waals surface area contributed by atoms with Crippen LogP contribution in [0.15, 0.2) is 39.8 Å². The summed E-state index contributed by atoms with van der Waals surface area (Å²) in [5, 5.41) is 9.31. The highest BCUT2D eigenvalue weighted by molar-refractivity contribution is 7.89. The number of halogens is 2. The first-order valence-electron chi connectivity index (χ1n) is 5.99. The highest BCUT2D eigenvalue weighted by Crippen LogP contribution is 2.30. The van der Waals surface area contributed by atoms with Gasteiger partial charge >= 0.3 is 0 Å². The number of hydrogen-bond donors (Lipinski definition) is 2. The second-order valence-electron chi connectivity index (χ2n) is 4.39. The van der Waals surface area contributed by atoms with Crippen molar-refractivity contribution in [2.24, 2.45) is 0 Å². The van der Waals surface area contributed by atoms with Gasteiger partial charge in [0.25, 0.3) is 0 Å². The Morgan fingerprint density at radius 1 is 1.38 bits per heavy atom. The molecular formula is C13H13Cl2NO4S. The van der Waals surface area contributed by atoms with Gasteiger partial charge in [-0.1, -0.05) is 23.2 Å². The van der Waals surface area contributed by atoms with Crippen LogP contribution in [0.5, 0.6) is 0 Å². The van der Waals surface area contributed by atoms with E-state index in [1.807, 2.05) is 0 Å². The van der Waals surface area contributed by atoms with Gasteiger partial charge in [-0.05, 0) is 36.8 Å². The Labute approximate surface area is 132 Å². The van der Waals surface area contributed by atoms with E-state index in [0.717, 1.165) is 0 Å². The third-order valence-corrected chi connectivity index (χ3v) is 5.18. The fourth-order valence-corrected chi connectivity index (χ4v) is 3.96. The summed E-state index contributed by atoms with van der Waals surface area (Å²) in [5.74, 6) is 0.471. The summed E-state index contributed by atoms with van der Waals surface area (Å²) < 4.78 is 32.4. The Morgan fingerprint density at radius 3 is 2.67 bits per heavy atom. The third-order valence-electron chi connectivity index (χ3n) is 2.84. The van der Waals surface area contributed by atoms with Gasteiger partial charge in [0, 0.05) is 5.02 Å². The van der Waals surface area contributed by atoms with Crippen LogP contribution in [0.3, 0.4) is 0 Å². The Bertz CT molecular complexity index is 729. The van der Waals surface area contributed by atoms with E-state index in [0.29, 0.717) is 5.76 Å². The Morgan fingerprint density at radius 2 is 2.10 bits per heavy atom. The van der Waals surface area contributed by atoms with E-state index in [9.17, 15) is 13.5 Å². The lowest BCUT2D eigenvalue weighted by atomic mass is 10.2. The summed E-state index contributed by atoms with van der Waals surface area (Å²) in [5.41, 5.74) is 0.246. The van der Waals surface area contributed by atoms with Gasteiger partial charge in [0.2, 0.25) is 10.0 Å². The number of rotatable bonds is 5. The van der Waals surface area contributed by atoms with E-state index < -0.39 is 22.7 Å². The largest absolute Gasteiger partial charge is 0.468 e. The second kappa shape index (κ2) is 6.37. The lowest BCUT2D eigenvalue weighted by Gasteiger charge is -2.14. The quantitative estimate of drug-likeness (QED) is 0.868. The molecule has 1 aromatic heterocycles. The van der Waals surface area contributed by atoms with Crippen molar-refractivity contribution in [3.05, 3.63) is 51.9 Å². The minimum Gasteiger partial charge on any atom is -0.468 e. The van der Waals surface area contributed by atoms with Gasteiger partial charge in [-0.15, -0.1) is 0 Å². The molecule has 8 heteroatoms. The number of nitrogens with one attached hydrogen (secondary N) is 1. The summed E-state index contributed by atoms with van der Waals surface area (Å²) in [6.07, 6.45) is 1.45. The maximum Gasteiger partial charge on any atom is 0.242 e. The van der Waals surface area contributed by atoms with Gasteiger partial charge < -0.3 is 9.52 Å². The fourth-order valence-electron chi connectivity index (χ4n) is 1.82. The summed E-state index contributed by atoms with van der Waals surface area (Å²) in [4.78, 5) is -0.181. The molecule has 2 aromatic rings. The SMILES string of the molecule is CC(NS(=O)(=O)c1cc(Cl)cc(CO)c1Cl)c1ccco1. The zero-order valence-corrected chi connectivity index (χ0v) is 13.3. The van der Waals surface area contributed by atoms with E-state index in [4.69, 9.17) is 27.6 Å². The summed E-state index contributed by atoms with van der Waals surface area (Å²) in [6.45, 7) is 1.23. The molecule has 0 aliphatic rings. The minimum atomic E-state index is -3.91. The van der Waals surface area contributed by atoms with Crippen LogP contribution >= 0.6 is 23.2 Å². The second-order valence-corrected chi connectivity index (χ2v) is 6.89. The normalized spacial score (nSPS) is 13.3. The molecule has 0 aliphatic heterocycles. The molecule has 0 bridgehead atoms. The molecule has 5 nitrogen and oxygen atoms in total. The molecule has 2 N–H and O–H groups in total. The standard InChI is InChI=1S/C13H13Cl2NO4S/c1-8(11-3-2-4-20-11)16-21(18,19)12-6-10(14)5-9(7-17)13(12)15/h2-6,8,16-17H,7H2,1H3. The van der Waals surface area contributed by atoms with Crippen LogP contribution in [-0.4, -0.2) is 13.5 Å². The van der Waals surface area contributed by atoms with Gasteiger partial charge in [-0.25, -0.2) is 13.1 Å². The van der Waals surface area contributed by atoms with Crippen LogP contribution in [0.25, 0.3) is 0 Å². The molecule has 0 aliphatic carbocycles. The van der Waals surface area contributed by atoms with Gasteiger partial charge in [0.05, 0.1) is 23.9 Å². The van der Waals surface area contributed by atoms with Crippen LogP contribution in [-0.2, 0) is 16.6 Å².